The van der Waals surface area contributed by atoms with Gasteiger partial charge in [0, 0.05) is 0 Å². The highest BCUT2D eigenvalue weighted by Crippen LogP contribution is 2.26. The molecule has 1 aromatic rings. The normalized spacial score (nSPS) is 10.9. The molecule has 0 saturated carbocycles. The van der Waals surface area contributed by atoms with Crippen LogP contribution in [0.2, 0.25) is 0 Å². The monoisotopic (exact) mass is 234 g/mol. The molecule has 0 aliphatic carbocycles. The molecule has 1 aromatic carbocycles. The van der Waals surface area contributed by atoms with Gasteiger partial charge >= 0.3 is 0 Å². The SMILES string of the molecule is CCCC=CCCCc1ccc(O)c(OC)c1. The smallest absolute Gasteiger partial charge is 0.160 e. The molecule has 2 heteroatoms. The van der Waals surface area contributed by atoms with Crippen LogP contribution in [0.4, 0.5) is 0 Å². The first-order chi connectivity index (χ1) is 8.27. The zero-order valence-electron chi connectivity index (χ0n) is 10.8. The average Bonchev–Trinajstić information content (AvgIpc) is 2.35. The molecule has 0 spiro atoms. The Morgan fingerprint density at radius 2 is 2.00 bits per heavy atom. The summed E-state index contributed by atoms with van der Waals surface area (Å²) in [6.07, 6.45) is 10.2. The van der Waals surface area contributed by atoms with Crippen molar-refractivity contribution in [2.45, 2.75) is 39.0 Å². The Bertz CT molecular complexity index is 356. The molecule has 0 aliphatic heterocycles. The Labute approximate surface area is 104 Å². The Morgan fingerprint density at radius 3 is 2.71 bits per heavy atom. The van der Waals surface area contributed by atoms with E-state index in [1.54, 1.807) is 13.2 Å². The second-order valence-electron chi connectivity index (χ2n) is 4.16. The fourth-order valence-electron chi connectivity index (χ4n) is 1.70. The number of hydrogen-bond acceptors (Lipinski definition) is 2. The third kappa shape index (κ3) is 4.94. The molecule has 17 heavy (non-hydrogen) atoms. The van der Waals surface area contributed by atoms with Gasteiger partial charge in [-0.05, 0) is 43.4 Å². The molecule has 0 radical (unpaired) electrons. The summed E-state index contributed by atoms with van der Waals surface area (Å²) >= 11 is 0. The maximum Gasteiger partial charge on any atom is 0.160 e. The van der Waals surface area contributed by atoms with Crippen molar-refractivity contribution in [2.24, 2.45) is 0 Å². The molecule has 0 heterocycles. The molecule has 2 nitrogen and oxygen atoms in total. The standard InChI is InChI=1S/C15H22O2/c1-3-4-5-6-7-8-9-13-10-11-14(16)15(12-13)17-2/h5-6,10-12,16H,3-4,7-9H2,1-2H3. The van der Waals surface area contributed by atoms with E-state index >= 15 is 0 Å². The summed E-state index contributed by atoms with van der Waals surface area (Å²) in [6.45, 7) is 2.19. The molecule has 0 unspecified atom stereocenters. The number of methoxy groups -OCH3 is 1. The molecule has 0 saturated heterocycles. The van der Waals surface area contributed by atoms with Crippen LogP contribution < -0.4 is 4.74 Å². The number of aryl methyl sites for hydroxylation is 1. The largest absolute Gasteiger partial charge is 0.504 e. The van der Waals surface area contributed by atoms with Crippen LogP contribution in [0.1, 0.15) is 38.2 Å². The Morgan fingerprint density at radius 1 is 1.24 bits per heavy atom. The van der Waals surface area contributed by atoms with E-state index in [-0.39, 0.29) is 5.75 Å². The van der Waals surface area contributed by atoms with Gasteiger partial charge < -0.3 is 9.84 Å². The van der Waals surface area contributed by atoms with Crippen LogP contribution in [0.3, 0.4) is 0 Å². The summed E-state index contributed by atoms with van der Waals surface area (Å²) < 4.78 is 5.08. The molecule has 94 valence electrons. The van der Waals surface area contributed by atoms with E-state index in [1.807, 2.05) is 12.1 Å². The van der Waals surface area contributed by atoms with Crippen molar-refractivity contribution in [1.82, 2.24) is 0 Å². The zero-order valence-corrected chi connectivity index (χ0v) is 10.8. The minimum Gasteiger partial charge on any atom is -0.504 e. The van der Waals surface area contributed by atoms with Crippen LogP contribution >= 0.6 is 0 Å². The number of phenolic OH excluding ortho intramolecular Hbond substituents is 1. The fraction of sp³-hybridized carbons (Fsp3) is 0.467. The molecule has 0 atom stereocenters. The number of hydrogen-bond donors (Lipinski definition) is 1. The predicted octanol–water partition coefficient (Wildman–Crippen LogP) is 4.08. The van der Waals surface area contributed by atoms with Gasteiger partial charge in [0.25, 0.3) is 0 Å². The van der Waals surface area contributed by atoms with E-state index in [4.69, 9.17) is 4.74 Å². The van der Waals surface area contributed by atoms with Gasteiger partial charge in [-0.3, -0.25) is 0 Å². The van der Waals surface area contributed by atoms with E-state index < -0.39 is 0 Å². The van der Waals surface area contributed by atoms with Crippen molar-refractivity contribution in [3.05, 3.63) is 35.9 Å². The van der Waals surface area contributed by atoms with Crippen molar-refractivity contribution in [2.75, 3.05) is 7.11 Å². The van der Waals surface area contributed by atoms with Crippen LogP contribution in [0.25, 0.3) is 0 Å². The van der Waals surface area contributed by atoms with Gasteiger partial charge in [0.2, 0.25) is 0 Å². The van der Waals surface area contributed by atoms with Crippen molar-refractivity contribution in [1.29, 1.82) is 0 Å². The summed E-state index contributed by atoms with van der Waals surface area (Å²) in [5, 5.41) is 9.47. The summed E-state index contributed by atoms with van der Waals surface area (Å²) in [5.74, 6) is 0.767. The van der Waals surface area contributed by atoms with Gasteiger partial charge in [-0.15, -0.1) is 0 Å². The number of unbranched alkanes of at least 4 members (excludes halogenated alkanes) is 2. The van der Waals surface area contributed by atoms with E-state index in [2.05, 4.69) is 19.1 Å². The van der Waals surface area contributed by atoms with Gasteiger partial charge in [-0.1, -0.05) is 31.6 Å². The van der Waals surface area contributed by atoms with Gasteiger partial charge in [0.15, 0.2) is 11.5 Å². The molecule has 0 aliphatic rings. The maximum absolute atomic E-state index is 9.47. The second-order valence-corrected chi connectivity index (χ2v) is 4.16. The highest BCUT2D eigenvalue weighted by atomic mass is 16.5. The summed E-state index contributed by atoms with van der Waals surface area (Å²) in [6, 6.07) is 5.56. The fourth-order valence-corrected chi connectivity index (χ4v) is 1.70. The topological polar surface area (TPSA) is 29.5 Å². The Kier molecular flexibility index (Phi) is 6.23. The Hall–Kier alpha value is -1.44. The lowest BCUT2D eigenvalue weighted by molar-refractivity contribution is 0.373. The van der Waals surface area contributed by atoms with Crippen LogP contribution in [-0.4, -0.2) is 12.2 Å². The van der Waals surface area contributed by atoms with E-state index in [9.17, 15) is 5.11 Å². The van der Waals surface area contributed by atoms with Crippen molar-refractivity contribution in [3.8, 4) is 11.5 Å². The minimum absolute atomic E-state index is 0.207. The first-order valence-corrected chi connectivity index (χ1v) is 6.28. The molecule has 0 fully saturated rings. The second kappa shape index (κ2) is 7.77. The third-order valence-electron chi connectivity index (χ3n) is 2.70. The molecule has 1 N–H and O–H groups in total. The number of rotatable bonds is 7. The molecule has 1 rings (SSSR count). The van der Waals surface area contributed by atoms with Gasteiger partial charge in [0.1, 0.15) is 0 Å². The highest BCUT2D eigenvalue weighted by molar-refractivity contribution is 5.41. The average molecular weight is 234 g/mol. The highest BCUT2D eigenvalue weighted by Gasteiger charge is 2.01. The van der Waals surface area contributed by atoms with E-state index in [0.717, 1.165) is 19.3 Å². The first-order valence-electron chi connectivity index (χ1n) is 6.28. The van der Waals surface area contributed by atoms with Crippen LogP contribution in [0.5, 0.6) is 11.5 Å². The van der Waals surface area contributed by atoms with Crippen molar-refractivity contribution < 1.29 is 9.84 Å². The first kappa shape index (κ1) is 13.6. The van der Waals surface area contributed by atoms with Crippen LogP contribution in [0.15, 0.2) is 30.4 Å². The Balaban J connectivity index is 2.36. The lowest BCUT2D eigenvalue weighted by Crippen LogP contribution is -1.88. The van der Waals surface area contributed by atoms with E-state index in [1.165, 1.54) is 18.4 Å². The zero-order chi connectivity index (χ0) is 12.5. The molecule has 0 amide bonds. The number of aromatic hydroxyl groups is 1. The van der Waals surface area contributed by atoms with E-state index in [0.29, 0.717) is 5.75 Å². The number of phenols is 1. The summed E-state index contributed by atoms with van der Waals surface area (Å²) in [4.78, 5) is 0. The lowest BCUT2D eigenvalue weighted by Gasteiger charge is -2.05. The number of ether oxygens (including phenoxy) is 1. The van der Waals surface area contributed by atoms with Gasteiger partial charge in [-0.2, -0.15) is 0 Å². The minimum atomic E-state index is 0.207. The van der Waals surface area contributed by atoms with Crippen LogP contribution in [-0.2, 0) is 6.42 Å². The van der Waals surface area contributed by atoms with Crippen molar-refractivity contribution in [3.63, 3.8) is 0 Å². The maximum atomic E-state index is 9.47. The summed E-state index contributed by atoms with van der Waals surface area (Å²) in [5.41, 5.74) is 1.21. The molecular formula is C15H22O2. The number of benzene rings is 1. The molecule has 0 bridgehead atoms. The quantitative estimate of drug-likeness (QED) is 0.569. The van der Waals surface area contributed by atoms with Crippen LogP contribution in [0, 0.1) is 0 Å². The summed E-state index contributed by atoms with van der Waals surface area (Å²) in [7, 11) is 1.58. The molecule has 0 aromatic heterocycles. The third-order valence-corrected chi connectivity index (χ3v) is 2.70. The van der Waals surface area contributed by atoms with Gasteiger partial charge in [0.05, 0.1) is 7.11 Å². The molecular weight excluding hydrogens is 212 g/mol. The van der Waals surface area contributed by atoms with Gasteiger partial charge in [-0.25, -0.2) is 0 Å². The lowest BCUT2D eigenvalue weighted by atomic mass is 10.1. The number of allylic oxidation sites excluding steroid dienone is 2. The van der Waals surface area contributed by atoms with Crippen molar-refractivity contribution >= 4 is 0 Å². The predicted molar refractivity (Wildman–Crippen MR) is 71.6 cm³/mol.